The Balaban J connectivity index is 1.15. The summed E-state index contributed by atoms with van der Waals surface area (Å²) in [6, 6.07) is 20.6. The van der Waals surface area contributed by atoms with E-state index in [0.717, 1.165) is 26.7 Å². The summed E-state index contributed by atoms with van der Waals surface area (Å²) >= 11 is 3.59. The van der Waals surface area contributed by atoms with Gasteiger partial charge >= 0.3 is 0 Å². The van der Waals surface area contributed by atoms with Crippen molar-refractivity contribution in [3.8, 4) is 11.5 Å². The van der Waals surface area contributed by atoms with Crippen molar-refractivity contribution in [2.45, 2.75) is 36.5 Å². The molecule has 0 saturated heterocycles. The first-order valence-electron chi connectivity index (χ1n) is 15.6. The van der Waals surface area contributed by atoms with Gasteiger partial charge in [0.05, 0.1) is 35.7 Å². The molecule has 3 aromatic carbocycles. The average molecular weight is 750 g/mol. The van der Waals surface area contributed by atoms with Crippen molar-refractivity contribution in [2.24, 2.45) is 0 Å². The molecule has 13 heteroatoms. The highest BCUT2D eigenvalue weighted by molar-refractivity contribution is 9.10. The van der Waals surface area contributed by atoms with E-state index in [1.807, 2.05) is 42.5 Å². The minimum Gasteiger partial charge on any atom is -0.496 e. The Labute approximate surface area is 292 Å². The molecule has 254 valence electrons. The normalized spacial score (nSPS) is 15.7. The summed E-state index contributed by atoms with van der Waals surface area (Å²) in [6.45, 7) is 0.640. The van der Waals surface area contributed by atoms with Gasteiger partial charge in [-0.15, -0.1) is 0 Å². The first kappa shape index (κ1) is 34.3. The van der Waals surface area contributed by atoms with E-state index in [2.05, 4.69) is 36.2 Å². The lowest BCUT2D eigenvalue weighted by atomic mass is 9.85. The summed E-state index contributed by atoms with van der Waals surface area (Å²) in [5.74, 6) is 1.37. The molecule has 5 aromatic rings. The minimum atomic E-state index is -3.52. The third kappa shape index (κ3) is 8.18. The quantitative estimate of drug-likeness (QED) is 0.107. The highest BCUT2D eigenvalue weighted by atomic mass is 79.9. The first-order chi connectivity index (χ1) is 23.8. The summed E-state index contributed by atoms with van der Waals surface area (Å²) in [5, 5.41) is 4.21. The molecule has 0 radical (unpaired) electrons. The molecule has 0 amide bonds. The molecule has 6 rings (SSSR count). The monoisotopic (exact) mass is 748 g/mol. The maximum absolute atomic E-state index is 13.6. The number of anilines is 2. The van der Waals surface area contributed by atoms with Gasteiger partial charge in [0, 0.05) is 41.9 Å². The maximum atomic E-state index is 13.6. The minimum absolute atomic E-state index is 0.0422. The van der Waals surface area contributed by atoms with E-state index >= 15 is 0 Å². The topological polar surface area (TPSA) is 122 Å². The number of ether oxygens (including phenoxy) is 4. The van der Waals surface area contributed by atoms with Crippen molar-refractivity contribution in [3.05, 3.63) is 119 Å². The van der Waals surface area contributed by atoms with Crippen molar-refractivity contribution in [3.63, 3.8) is 0 Å². The zero-order chi connectivity index (χ0) is 34.3. The summed E-state index contributed by atoms with van der Waals surface area (Å²) < 4.78 is 63.1. The zero-order valence-electron chi connectivity index (χ0n) is 26.6. The fourth-order valence-electron chi connectivity index (χ4n) is 5.63. The lowest BCUT2D eigenvalue weighted by Crippen LogP contribution is -2.26. The zero-order valence-corrected chi connectivity index (χ0v) is 29.0. The number of benzene rings is 3. The van der Waals surface area contributed by atoms with Gasteiger partial charge in [-0.05, 0) is 88.9 Å². The van der Waals surface area contributed by atoms with Gasteiger partial charge in [0.1, 0.15) is 41.7 Å². The number of nitrogens with zero attached hydrogens (tertiary/aromatic N) is 3. The van der Waals surface area contributed by atoms with Gasteiger partial charge in [0.2, 0.25) is 0 Å². The molecule has 0 saturated carbocycles. The van der Waals surface area contributed by atoms with Crippen LogP contribution in [0.2, 0.25) is 0 Å². The van der Waals surface area contributed by atoms with Crippen molar-refractivity contribution >= 4 is 48.2 Å². The Morgan fingerprint density at radius 3 is 2.65 bits per heavy atom. The summed E-state index contributed by atoms with van der Waals surface area (Å²) in [4.78, 5) is 13.0. The van der Waals surface area contributed by atoms with Crippen LogP contribution in [-0.2, 0) is 31.5 Å². The number of sulfone groups is 1. The van der Waals surface area contributed by atoms with E-state index in [4.69, 9.17) is 18.9 Å². The second-order valence-corrected chi connectivity index (χ2v) is 14.3. The van der Waals surface area contributed by atoms with Gasteiger partial charge in [-0.2, -0.15) is 0 Å². The second kappa shape index (κ2) is 15.3. The largest absolute Gasteiger partial charge is 0.496 e. The molecule has 10 nitrogen and oxygen atoms in total. The van der Waals surface area contributed by atoms with Gasteiger partial charge in [0.15, 0.2) is 14.9 Å². The number of hydrogen-bond donors (Lipinski definition) is 1. The Bertz CT molecular complexity index is 2060. The van der Waals surface area contributed by atoms with Crippen LogP contribution in [0.3, 0.4) is 0 Å². The van der Waals surface area contributed by atoms with Crippen LogP contribution in [0, 0.1) is 5.82 Å². The van der Waals surface area contributed by atoms with Crippen LogP contribution < -0.4 is 14.8 Å². The Kier molecular flexibility index (Phi) is 10.7. The lowest BCUT2D eigenvalue weighted by Gasteiger charge is -2.31. The molecule has 1 unspecified atom stereocenters. The predicted molar refractivity (Wildman–Crippen MR) is 187 cm³/mol. The molecule has 1 atom stereocenters. The number of fused-ring (bicyclic) bond motifs is 1. The number of halogens is 2. The molecule has 2 aromatic heterocycles. The van der Waals surface area contributed by atoms with Crippen LogP contribution in [0.1, 0.15) is 30.4 Å². The van der Waals surface area contributed by atoms with E-state index in [-0.39, 0.29) is 29.8 Å². The van der Waals surface area contributed by atoms with Crippen LogP contribution in [-0.4, -0.2) is 49.4 Å². The van der Waals surface area contributed by atoms with Crippen LogP contribution in [0.4, 0.5) is 15.9 Å². The van der Waals surface area contributed by atoms with Gasteiger partial charge in [0.25, 0.3) is 0 Å². The maximum Gasteiger partial charge on any atom is 0.197 e. The third-order valence-electron chi connectivity index (χ3n) is 8.08. The van der Waals surface area contributed by atoms with Crippen LogP contribution in [0.5, 0.6) is 11.5 Å². The molecule has 49 heavy (non-hydrogen) atoms. The highest BCUT2D eigenvalue weighted by Gasteiger charge is 2.38. The van der Waals surface area contributed by atoms with Crippen molar-refractivity contribution in [1.82, 2.24) is 15.0 Å². The molecule has 1 aliphatic heterocycles. The number of nitrogens with one attached hydrogen (secondary N) is 1. The molecule has 1 N–H and O–H groups in total. The van der Waals surface area contributed by atoms with Crippen LogP contribution in [0.15, 0.2) is 107 Å². The molecule has 1 aliphatic rings. The van der Waals surface area contributed by atoms with E-state index < -0.39 is 15.4 Å². The smallest absolute Gasteiger partial charge is 0.197 e. The molecule has 0 fully saturated rings. The second-order valence-electron chi connectivity index (χ2n) is 11.4. The molecule has 0 aliphatic carbocycles. The van der Waals surface area contributed by atoms with Crippen LogP contribution in [0.25, 0.3) is 10.9 Å². The van der Waals surface area contributed by atoms with E-state index in [0.29, 0.717) is 48.7 Å². The Morgan fingerprint density at radius 2 is 1.90 bits per heavy atom. The van der Waals surface area contributed by atoms with Crippen LogP contribution >= 0.6 is 15.9 Å². The van der Waals surface area contributed by atoms with E-state index in [9.17, 15) is 12.8 Å². The van der Waals surface area contributed by atoms with Crippen molar-refractivity contribution in [1.29, 1.82) is 0 Å². The third-order valence-corrected chi connectivity index (χ3v) is 10.3. The lowest BCUT2D eigenvalue weighted by molar-refractivity contribution is 0.0191. The number of aromatic nitrogens is 3. The van der Waals surface area contributed by atoms with Gasteiger partial charge in [-0.25, -0.2) is 27.8 Å². The van der Waals surface area contributed by atoms with Gasteiger partial charge < -0.3 is 24.3 Å². The molecular weight excluding hydrogens is 715 g/mol. The Morgan fingerprint density at radius 1 is 1.00 bits per heavy atom. The molecule has 3 heterocycles. The predicted octanol–water partition coefficient (Wildman–Crippen LogP) is 7.66. The van der Waals surface area contributed by atoms with Crippen molar-refractivity contribution < 1.29 is 31.8 Å². The first-order valence-corrected chi connectivity index (χ1v) is 18.0. The van der Waals surface area contributed by atoms with Gasteiger partial charge in [-0.1, -0.05) is 18.2 Å². The number of rotatable bonds is 15. The van der Waals surface area contributed by atoms with Crippen molar-refractivity contribution in [2.75, 3.05) is 31.4 Å². The summed E-state index contributed by atoms with van der Waals surface area (Å²) in [5.41, 5.74) is 2.29. The number of methoxy groups -OCH3 is 1. The van der Waals surface area contributed by atoms with E-state index in [1.54, 1.807) is 31.6 Å². The fraction of sp³-hybridized carbons (Fsp3) is 0.250. The summed E-state index contributed by atoms with van der Waals surface area (Å²) in [6.07, 6.45) is 8.44. The standard InChI is InChI=1S/C36H34BrFN4O6S/c1-45-33-22-31-28(35(41-24-40-31)42-27-10-11-32(30(37)20-27)47-23-25-7-4-8-26(38)19-25)21-29(33)36(13-6-16-48-36)12-5-15-46-17-18-49(43,44)34-9-2-3-14-39-34/h2-4,6-11,14,16,19-22,24H,5,12-13,15,17-18,23H2,1H3,(H,40,41,42). The SMILES string of the molecule is COc1cc2ncnc(Nc3ccc(OCc4cccc(F)c4)c(Br)c3)c2cc1C1(CCCOCCS(=O)(=O)c2ccccn2)CC=CO1. The number of pyridine rings is 1. The molecular formula is C36H34BrFN4O6S. The Hall–Kier alpha value is -4.59. The molecule has 0 bridgehead atoms. The highest BCUT2D eigenvalue weighted by Crippen LogP contribution is 2.45. The van der Waals surface area contributed by atoms with E-state index in [1.165, 1.54) is 30.7 Å². The average Bonchev–Trinajstić information content (AvgIpc) is 3.59. The summed E-state index contributed by atoms with van der Waals surface area (Å²) in [7, 11) is -1.91. The molecule has 0 spiro atoms. The van der Waals surface area contributed by atoms with Gasteiger partial charge in [-0.3, -0.25) is 0 Å². The number of hydrogen-bond acceptors (Lipinski definition) is 10. The fourth-order valence-corrected chi connectivity index (χ4v) is 7.18.